The van der Waals surface area contributed by atoms with Gasteiger partial charge < -0.3 is 14.2 Å². The number of thiophene rings is 1. The maximum atomic E-state index is 7.45. The minimum Gasteiger partial charge on any atom is -0.454 e. The van der Waals surface area contributed by atoms with Gasteiger partial charge in [0.25, 0.3) is 0 Å². The van der Waals surface area contributed by atoms with Gasteiger partial charge in [-0.05, 0) is 123 Å². The number of furan rings is 1. The summed E-state index contributed by atoms with van der Waals surface area (Å²) in [7, 11) is 0. The lowest BCUT2D eigenvalue weighted by Crippen LogP contribution is -2.40. The van der Waals surface area contributed by atoms with E-state index in [1.54, 1.807) is 0 Å². The molecule has 0 saturated heterocycles. The highest BCUT2D eigenvalue weighted by atomic mass is 32.1. The number of para-hydroxylation sites is 3. The van der Waals surface area contributed by atoms with Crippen molar-refractivity contribution in [2.24, 2.45) is 0 Å². The summed E-state index contributed by atoms with van der Waals surface area (Å²) in [5.41, 5.74) is 21.2. The van der Waals surface area contributed by atoms with Crippen LogP contribution in [0.3, 0.4) is 0 Å². The number of nitrogens with zero attached hydrogens (tertiary/aromatic N) is 2. The summed E-state index contributed by atoms with van der Waals surface area (Å²) in [6, 6.07) is 94.4. The molecular formula is C76H54N2OS. The first kappa shape index (κ1) is 46.6. The van der Waals surface area contributed by atoms with Crippen LogP contribution in [0.5, 0.6) is 0 Å². The average Bonchev–Trinajstić information content (AvgIpc) is 4.34. The monoisotopic (exact) mass is 1040 g/mol. The van der Waals surface area contributed by atoms with Crippen LogP contribution in [0.2, 0.25) is 0 Å². The topological polar surface area (TPSA) is 19.6 Å². The number of rotatable bonds is 8. The van der Waals surface area contributed by atoms with Gasteiger partial charge in [0, 0.05) is 76.2 Å². The van der Waals surface area contributed by atoms with Crippen LogP contribution < -0.4 is 9.80 Å². The summed E-state index contributed by atoms with van der Waals surface area (Å²) >= 11 is 1.92. The van der Waals surface area contributed by atoms with Crippen LogP contribution in [0.25, 0.3) is 64.4 Å². The van der Waals surface area contributed by atoms with Crippen molar-refractivity contribution in [3.05, 3.63) is 318 Å². The molecule has 380 valence electrons. The van der Waals surface area contributed by atoms with E-state index in [1.165, 1.54) is 81.4 Å². The first-order chi connectivity index (χ1) is 39.5. The molecule has 16 rings (SSSR count). The van der Waals surface area contributed by atoms with E-state index in [-0.39, 0.29) is 11.3 Å². The molecule has 0 aliphatic heterocycles. The maximum Gasteiger partial charge on any atom is 0.160 e. The minimum atomic E-state index is -0.787. The molecule has 11 aromatic carbocycles. The largest absolute Gasteiger partial charge is 0.454 e. The molecule has 1 atom stereocenters. The van der Waals surface area contributed by atoms with Gasteiger partial charge in [0.1, 0.15) is 5.58 Å². The van der Waals surface area contributed by atoms with Gasteiger partial charge in [-0.3, -0.25) is 0 Å². The lowest BCUT2D eigenvalue weighted by atomic mass is 9.55. The van der Waals surface area contributed by atoms with Gasteiger partial charge >= 0.3 is 0 Å². The number of fused-ring (bicyclic) bond motifs is 17. The molecule has 0 amide bonds. The summed E-state index contributed by atoms with van der Waals surface area (Å²) in [5.74, 6) is 0.273. The predicted octanol–water partition coefficient (Wildman–Crippen LogP) is 20.9. The van der Waals surface area contributed by atoms with Crippen molar-refractivity contribution in [3.63, 3.8) is 0 Å². The molecule has 3 nitrogen and oxygen atoms in total. The highest BCUT2D eigenvalue weighted by Crippen LogP contribution is 2.68. The zero-order valence-corrected chi connectivity index (χ0v) is 45.3. The van der Waals surface area contributed by atoms with Crippen LogP contribution in [0.1, 0.15) is 65.1 Å². The van der Waals surface area contributed by atoms with Crippen molar-refractivity contribution >= 4 is 81.9 Å². The predicted molar refractivity (Wildman–Crippen MR) is 336 cm³/mol. The summed E-state index contributed by atoms with van der Waals surface area (Å²) < 4.78 is 9.97. The zero-order chi connectivity index (χ0) is 53.1. The van der Waals surface area contributed by atoms with E-state index in [9.17, 15) is 0 Å². The normalized spacial score (nSPS) is 15.4. The first-order valence-electron chi connectivity index (χ1n) is 27.9. The van der Waals surface area contributed by atoms with Crippen LogP contribution >= 0.6 is 11.3 Å². The van der Waals surface area contributed by atoms with Crippen molar-refractivity contribution < 1.29 is 4.42 Å². The average molecular weight is 1040 g/mol. The highest BCUT2D eigenvalue weighted by Gasteiger charge is 2.55. The van der Waals surface area contributed by atoms with Crippen LogP contribution in [0, 0.1) is 0 Å². The van der Waals surface area contributed by atoms with Crippen molar-refractivity contribution in [3.8, 4) is 22.3 Å². The fourth-order valence-electron chi connectivity index (χ4n) is 14.1. The van der Waals surface area contributed by atoms with E-state index in [2.05, 4.69) is 297 Å². The quantitative estimate of drug-likeness (QED) is 0.151. The van der Waals surface area contributed by atoms with Crippen LogP contribution in [-0.4, -0.2) is 0 Å². The zero-order valence-electron chi connectivity index (χ0n) is 44.5. The Labute approximate surface area is 470 Å². The standard InChI is InChI=1S/C76H54N2OS/c1-75(2)59-33-17-19-35-61(59)76(62-36-20-18-34-60(62)75)63-48-66(78(54-29-13-6-14-30-54)56-45-41-52(42-46-56)50-25-9-4-10-26-50)73-70(57-31-15-21-37-67(57)79-73)71(63)72-64(76)47-65(69-58-32-16-22-38-68(58)80-74(69)72)77(53-27-11-5-12-28-53)55-43-39-51(40-44-55)49-23-7-3-8-24-49/h3-41,43-48,52H,42H2,1-2H3. The molecule has 3 aliphatic carbocycles. The van der Waals surface area contributed by atoms with E-state index in [1.807, 2.05) is 11.3 Å². The number of benzene rings is 11. The molecular weight excluding hydrogens is 989 g/mol. The Morgan fingerprint density at radius 3 is 1.64 bits per heavy atom. The van der Waals surface area contributed by atoms with Gasteiger partial charge in [-0.15, -0.1) is 11.3 Å². The molecule has 13 aromatic rings. The Hall–Kier alpha value is -9.48. The molecule has 1 unspecified atom stereocenters. The number of allylic oxidation sites excluding steroid dienone is 3. The fraction of sp³-hybridized carbons (Fsp3) is 0.0789. The Morgan fingerprint density at radius 1 is 0.450 bits per heavy atom. The fourth-order valence-corrected chi connectivity index (χ4v) is 15.4. The van der Waals surface area contributed by atoms with Gasteiger partial charge in [0.15, 0.2) is 5.58 Å². The molecule has 0 radical (unpaired) electrons. The van der Waals surface area contributed by atoms with E-state index < -0.39 is 5.41 Å². The van der Waals surface area contributed by atoms with Crippen molar-refractivity contribution in [1.82, 2.24) is 0 Å². The Bertz CT molecular complexity index is 4600. The molecule has 0 N–H and O–H groups in total. The van der Waals surface area contributed by atoms with E-state index in [0.717, 1.165) is 62.5 Å². The van der Waals surface area contributed by atoms with Gasteiger partial charge in [0.05, 0.1) is 16.8 Å². The molecule has 0 saturated carbocycles. The lowest BCUT2D eigenvalue weighted by Gasteiger charge is -2.47. The van der Waals surface area contributed by atoms with Crippen molar-refractivity contribution in [2.45, 2.75) is 37.0 Å². The van der Waals surface area contributed by atoms with Crippen LogP contribution in [-0.2, 0) is 10.8 Å². The molecule has 2 aromatic heterocycles. The Kier molecular flexibility index (Phi) is 10.5. The third-order valence-electron chi connectivity index (χ3n) is 17.6. The van der Waals surface area contributed by atoms with Gasteiger partial charge in [-0.1, -0.05) is 220 Å². The highest BCUT2D eigenvalue weighted by molar-refractivity contribution is 7.26. The second-order valence-electron chi connectivity index (χ2n) is 22.2. The minimum absolute atomic E-state index is 0.273. The van der Waals surface area contributed by atoms with Gasteiger partial charge in [-0.2, -0.15) is 0 Å². The number of anilines is 5. The smallest absolute Gasteiger partial charge is 0.160 e. The second kappa shape index (κ2) is 18.0. The van der Waals surface area contributed by atoms with E-state index >= 15 is 0 Å². The van der Waals surface area contributed by atoms with E-state index in [0.29, 0.717) is 0 Å². The molecule has 1 spiro atoms. The van der Waals surface area contributed by atoms with Crippen molar-refractivity contribution in [1.29, 1.82) is 0 Å². The summed E-state index contributed by atoms with van der Waals surface area (Å²) in [4.78, 5) is 4.99. The van der Waals surface area contributed by atoms with Crippen molar-refractivity contribution in [2.75, 3.05) is 9.80 Å². The van der Waals surface area contributed by atoms with Gasteiger partial charge in [-0.25, -0.2) is 0 Å². The number of hydrogen-bond donors (Lipinski definition) is 0. The van der Waals surface area contributed by atoms with Crippen LogP contribution in [0.4, 0.5) is 28.4 Å². The molecule has 3 aliphatic rings. The first-order valence-corrected chi connectivity index (χ1v) is 28.8. The third-order valence-corrected chi connectivity index (χ3v) is 18.8. The summed E-state index contributed by atoms with van der Waals surface area (Å²) in [6.45, 7) is 4.84. The molecule has 4 heteroatoms. The van der Waals surface area contributed by atoms with E-state index in [4.69, 9.17) is 4.42 Å². The molecule has 2 heterocycles. The second-order valence-corrected chi connectivity index (χ2v) is 23.3. The maximum absolute atomic E-state index is 7.45. The Morgan fingerprint density at radius 2 is 0.975 bits per heavy atom. The molecule has 80 heavy (non-hydrogen) atoms. The Balaban J connectivity index is 1.07. The van der Waals surface area contributed by atoms with Crippen LogP contribution in [0.15, 0.2) is 283 Å². The summed E-state index contributed by atoms with van der Waals surface area (Å²) in [5, 5.41) is 4.72. The third kappa shape index (κ3) is 6.79. The molecule has 0 fully saturated rings. The lowest BCUT2D eigenvalue weighted by molar-refractivity contribution is 0.563. The SMILES string of the molecule is CC1(C)c2ccccc2C2(c3ccccc31)c1cc(N(c3ccccc3)c3ccc(-c4ccccc4)cc3)c3c(sc4ccccc43)c1-c1c2cc(N(C2=CCC(c3ccccc3)C=C2)c2ccccc2)c2oc3ccccc3c12. The van der Waals surface area contributed by atoms with Gasteiger partial charge in [0.2, 0.25) is 0 Å². The summed E-state index contributed by atoms with van der Waals surface area (Å²) in [6.07, 6.45) is 8.04. The number of hydrogen-bond acceptors (Lipinski definition) is 4. The molecule has 0 bridgehead atoms.